The molecule has 3 rings (SSSR count). The van der Waals surface area contributed by atoms with E-state index in [0.717, 1.165) is 10.3 Å². The molecule has 5 nitrogen and oxygen atoms in total. The molecule has 0 fully saturated rings. The van der Waals surface area contributed by atoms with Gasteiger partial charge in [-0.05, 0) is 19.1 Å². The molecule has 0 bridgehead atoms. The van der Waals surface area contributed by atoms with Crippen molar-refractivity contribution in [2.75, 3.05) is 12.4 Å². The molecule has 1 amide bonds. The summed E-state index contributed by atoms with van der Waals surface area (Å²) in [5.41, 5.74) is 2.05. The number of rotatable bonds is 4. The number of thiazole rings is 1. The molecule has 0 spiro atoms. The highest BCUT2D eigenvalue weighted by Gasteiger charge is 2.18. The van der Waals surface area contributed by atoms with E-state index in [1.165, 1.54) is 11.3 Å². The Morgan fingerprint density at radius 3 is 2.57 bits per heavy atom. The first kappa shape index (κ1) is 15.2. The van der Waals surface area contributed by atoms with Gasteiger partial charge in [0.25, 0.3) is 11.7 Å². The van der Waals surface area contributed by atoms with E-state index in [9.17, 15) is 9.59 Å². The van der Waals surface area contributed by atoms with Gasteiger partial charge in [-0.3, -0.25) is 14.9 Å². The summed E-state index contributed by atoms with van der Waals surface area (Å²) < 4.78 is 6.12. The number of aromatic nitrogens is 1. The topological polar surface area (TPSA) is 68.3 Å². The Bertz CT molecular complexity index is 884. The van der Waals surface area contributed by atoms with Gasteiger partial charge in [0.15, 0.2) is 5.13 Å². The average Bonchev–Trinajstić information content (AvgIpc) is 2.97. The number of ketones is 1. The quantitative estimate of drug-likeness (QED) is 0.589. The third-order valence-electron chi connectivity index (χ3n) is 3.34. The molecule has 23 heavy (non-hydrogen) atoms. The van der Waals surface area contributed by atoms with Gasteiger partial charge in [0.2, 0.25) is 0 Å². The lowest BCUT2D eigenvalue weighted by Crippen LogP contribution is -2.22. The van der Waals surface area contributed by atoms with Crippen molar-refractivity contribution in [1.82, 2.24) is 4.98 Å². The number of methoxy groups -OCH3 is 1. The van der Waals surface area contributed by atoms with Crippen LogP contribution in [0.4, 0.5) is 5.13 Å². The van der Waals surface area contributed by atoms with Crippen molar-refractivity contribution in [1.29, 1.82) is 0 Å². The molecule has 2 aromatic carbocycles. The van der Waals surface area contributed by atoms with Crippen molar-refractivity contribution < 1.29 is 14.3 Å². The van der Waals surface area contributed by atoms with Crippen molar-refractivity contribution in [3.05, 3.63) is 53.6 Å². The molecule has 6 heteroatoms. The van der Waals surface area contributed by atoms with Crippen LogP contribution in [0.5, 0.6) is 5.75 Å². The van der Waals surface area contributed by atoms with Crippen LogP contribution in [-0.4, -0.2) is 23.8 Å². The van der Waals surface area contributed by atoms with Gasteiger partial charge in [-0.15, -0.1) is 0 Å². The van der Waals surface area contributed by atoms with Crippen LogP contribution in [0, 0.1) is 6.92 Å². The smallest absolute Gasteiger partial charge is 0.298 e. The molecule has 0 atom stereocenters. The molecule has 3 aromatic rings. The van der Waals surface area contributed by atoms with Crippen LogP contribution in [0.3, 0.4) is 0 Å². The number of hydrogen-bond donors (Lipinski definition) is 1. The van der Waals surface area contributed by atoms with E-state index < -0.39 is 11.7 Å². The van der Waals surface area contributed by atoms with Crippen LogP contribution in [0.2, 0.25) is 0 Å². The van der Waals surface area contributed by atoms with Gasteiger partial charge in [0.1, 0.15) is 11.3 Å². The lowest BCUT2D eigenvalue weighted by molar-refractivity contribution is -0.112. The molecular weight excluding hydrogens is 312 g/mol. The first-order chi connectivity index (χ1) is 11.1. The largest absolute Gasteiger partial charge is 0.494 e. The van der Waals surface area contributed by atoms with E-state index in [0.29, 0.717) is 22.0 Å². The Morgan fingerprint density at radius 2 is 1.87 bits per heavy atom. The van der Waals surface area contributed by atoms with Crippen molar-refractivity contribution in [3.8, 4) is 5.75 Å². The van der Waals surface area contributed by atoms with Crippen LogP contribution >= 0.6 is 11.3 Å². The zero-order valence-electron chi connectivity index (χ0n) is 12.6. The Balaban J connectivity index is 1.82. The van der Waals surface area contributed by atoms with E-state index in [1.54, 1.807) is 37.4 Å². The molecule has 0 saturated carbocycles. The fourth-order valence-corrected chi connectivity index (χ4v) is 3.01. The van der Waals surface area contributed by atoms with Gasteiger partial charge < -0.3 is 4.74 Å². The highest BCUT2D eigenvalue weighted by Crippen LogP contribution is 2.32. The maximum Gasteiger partial charge on any atom is 0.298 e. The number of fused-ring (bicyclic) bond motifs is 1. The summed E-state index contributed by atoms with van der Waals surface area (Å²) in [6.07, 6.45) is 0. The predicted molar refractivity (Wildman–Crippen MR) is 90.3 cm³/mol. The molecule has 116 valence electrons. The third-order valence-corrected chi connectivity index (χ3v) is 4.28. The Labute approximate surface area is 136 Å². The van der Waals surface area contributed by atoms with E-state index in [1.807, 2.05) is 19.1 Å². The van der Waals surface area contributed by atoms with Crippen LogP contribution in [0.15, 0.2) is 42.5 Å². The molecule has 0 aliphatic carbocycles. The number of aryl methyl sites for hydroxylation is 1. The maximum absolute atomic E-state index is 12.1. The Hall–Kier alpha value is -2.73. The zero-order chi connectivity index (χ0) is 16.4. The van der Waals surface area contributed by atoms with Gasteiger partial charge in [0, 0.05) is 5.56 Å². The van der Waals surface area contributed by atoms with E-state index >= 15 is 0 Å². The summed E-state index contributed by atoms with van der Waals surface area (Å²) in [6.45, 7) is 1.92. The zero-order valence-corrected chi connectivity index (χ0v) is 13.4. The van der Waals surface area contributed by atoms with Crippen LogP contribution < -0.4 is 10.1 Å². The van der Waals surface area contributed by atoms with E-state index in [4.69, 9.17) is 4.74 Å². The third kappa shape index (κ3) is 3.07. The average molecular weight is 326 g/mol. The summed E-state index contributed by atoms with van der Waals surface area (Å²) >= 11 is 1.29. The van der Waals surface area contributed by atoms with Gasteiger partial charge in [0.05, 0.1) is 11.8 Å². The molecule has 0 saturated heterocycles. The number of carbonyl (C=O) groups excluding carboxylic acids is 2. The van der Waals surface area contributed by atoms with E-state index in [2.05, 4.69) is 10.3 Å². The minimum Gasteiger partial charge on any atom is -0.494 e. The van der Waals surface area contributed by atoms with Crippen molar-refractivity contribution in [2.24, 2.45) is 0 Å². The second-order valence-electron chi connectivity index (χ2n) is 4.98. The SMILES string of the molecule is COc1cccc2sc(NC(=O)C(=O)c3ccc(C)cc3)nc12. The number of ether oxygens (including phenoxy) is 1. The second kappa shape index (κ2) is 6.18. The molecule has 1 N–H and O–H groups in total. The first-order valence-corrected chi connectivity index (χ1v) is 7.76. The number of Topliss-reactive ketones (excluding diaryl/α,β-unsaturated/α-hetero) is 1. The van der Waals surface area contributed by atoms with Gasteiger partial charge >= 0.3 is 0 Å². The minimum atomic E-state index is -0.702. The van der Waals surface area contributed by atoms with Crippen molar-refractivity contribution >= 4 is 38.4 Å². The fourth-order valence-electron chi connectivity index (χ4n) is 2.13. The van der Waals surface area contributed by atoms with Gasteiger partial charge in [-0.2, -0.15) is 0 Å². The maximum atomic E-state index is 12.1. The highest BCUT2D eigenvalue weighted by atomic mass is 32.1. The van der Waals surface area contributed by atoms with Gasteiger partial charge in [-0.25, -0.2) is 4.98 Å². The lowest BCUT2D eigenvalue weighted by atomic mass is 10.1. The fraction of sp³-hybridized carbons (Fsp3) is 0.118. The van der Waals surface area contributed by atoms with Crippen LogP contribution in [0.1, 0.15) is 15.9 Å². The van der Waals surface area contributed by atoms with Crippen molar-refractivity contribution in [2.45, 2.75) is 6.92 Å². The number of hydrogen-bond acceptors (Lipinski definition) is 5. The molecule has 0 radical (unpaired) electrons. The molecular formula is C17H14N2O3S. The molecule has 0 aliphatic rings. The normalized spacial score (nSPS) is 10.5. The van der Waals surface area contributed by atoms with Crippen LogP contribution in [-0.2, 0) is 4.79 Å². The summed E-state index contributed by atoms with van der Waals surface area (Å²) in [4.78, 5) is 28.6. The first-order valence-electron chi connectivity index (χ1n) is 6.94. The number of carbonyl (C=O) groups is 2. The number of benzene rings is 2. The Kier molecular flexibility index (Phi) is 4.08. The minimum absolute atomic E-state index is 0.354. The summed E-state index contributed by atoms with van der Waals surface area (Å²) in [5, 5.41) is 2.93. The number of anilines is 1. The molecule has 0 unspecified atom stereocenters. The molecule has 1 aromatic heterocycles. The van der Waals surface area contributed by atoms with Gasteiger partial charge in [-0.1, -0.05) is 47.2 Å². The Morgan fingerprint density at radius 1 is 1.13 bits per heavy atom. The summed E-state index contributed by atoms with van der Waals surface area (Å²) in [6, 6.07) is 12.4. The number of para-hydroxylation sites is 1. The predicted octanol–water partition coefficient (Wildman–Crippen LogP) is 3.43. The standard InChI is InChI=1S/C17H14N2O3S/c1-10-6-8-11(9-7-10)15(20)16(21)19-17-18-14-12(22-2)4-3-5-13(14)23-17/h3-9H,1-2H3,(H,18,19,21). The number of nitrogens with zero attached hydrogens (tertiary/aromatic N) is 1. The number of nitrogens with one attached hydrogen (secondary N) is 1. The van der Waals surface area contributed by atoms with E-state index in [-0.39, 0.29) is 0 Å². The number of amides is 1. The highest BCUT2D eigenvalue weighted by molar-refractivity contribution is 7.22. The second-order valence-corrected chi connectivity index (χ2v) is 6.01. The van der Waals surface area contributed by atoms with Crippen molar-refractivity contribution in [3.63, 3.8) is 0 Å². The summed E-state index contributed by atoms with van der Waals surface area (Å²) in [7, 11) is 1.56. The summed E-state index contributed by atoms with van der Waals surface area (Å²) in [5.74, 6) is -0.660. The van der Waals surface area contributed by atoms with Crippen LogP contribution in [0.25, 0.3) is 10.2 Å². The lowest BCUT2D eigenvalue weighted by Gasteiger charge is -2.01. The molecule has 1 heterocycles. The molecule has 0 aliphatic heterocycles. The monoisotopic (exact) mass is 326 g/mol.